The predicted octanol–water partition coefficient (Wildman–Crippen LogP) is 2.51. The van der Waals surface area contributed by atoms with Gasteiger partial charge in [0.15, 0.2) is 0 Å². The number of anilines is 1. The number of nitrogens with one attached hydrogen (secondary N) is 1. The lowest BCUT2D eigenvalue weighted by molar-refractivity contribution is 0.191. The molecule has 1 amide bonds. The summed E-state index contributed by atoms with van der Waals surface area (Å²) in [7, 11) is 0. The van der Waals surface area contributed by atoms with Gasteiger partial charge in [-0.1, -0.05) is 0 Å². The van der Waals surface area contributed by atoms with E-state index in [0.29, 0.717) is 30.0 Å². The first kappa shape index (κ1) is 18.6. The van der Waals surface area contributed by atoms with Gasteiger partial charge in [-0.05, 0) is 31.5 Å². The second kappa shape index (κ2) is 7.67. The van der Waals surface area contributed by atoms with E-state index >= 15 is 0 Å². The molecule has 4 heterocycles. The largest absolute Gasteiger partial charge is 0.492 e. The van der Waals surface area contributed by atoms with Crippen LogP contribution in [0.15, 0.2) is 36.8 Å². The Balaban J connectivity index is 1.65. The molecular formula is C20H20N6O3. The number of pyridine rings is 2. The zero-order chi connectivity index (χ0) is 20.4. The van der Waals surface area contributed by atoms with Gasteiger partial charge in [0, 0.05) is 30.4 Å². The third-order valence-electron chi connectivity index (χ3n) is 4.92. The maximum absolute atomic E-state index is 10.8. The Bertz CT molecular complexity index is 1090. The van der Waals surface area contributed by atoms with Crippen molar-refractivity contribution in [2.75, 3.05) is 24.6 Å². The number of hydrogen-bond acceptors (Lipinski definition) is 6. The molecule has 0 aliphatic carbocycles. The van der Waals surface area contributed by atoms with E-state index in [4.69, 9.17) is 9.84 Å². The number of ether oxygens (including phenoxy) is 1. The van der Waals surface area contributed by atoms with Crippen molar-refractivity contribution in [3.05, 3.63) is 42.4 Å². The molecule has 0 radical (unpaired) electrons. The van der Waals surface area contributed by atoms with Gasteiger partial charge in [-0.3, -0.25) is 0 Å². The molecule has 0 saturated carbocycles. The second-order valence-corrected chi connectivity index (χ2v) is 6.77. The Morgan fingerprint density at radius 2 is 2.31 bits per heavy atom. The molecule has 2 N–H and O–H groups in total. The number of rotatable bonds is 5. The van der Waals surface area contributed by atoms with Gasteiger partial charge >= 0.3 is 6.09 Å². The summed E-state index contributed by atoms with van der Waals surface area (Å²) in [5, 5.41) is 25.1. The minimum Gasteiger partial charge on any atom is -0.492 e. The molecular weight excluding hydrogens is 372 g/mol. The predicted molar refractivity (Wildman–Crippen MR) is 106 cm³/mol. The van der Waals surface area contributed by atoms with E-state index in [1.54, 1.807) is 16.9 Å². The van der Waals surface area contributed by atoms with Crippen molar-refractivity contribution in [3.8, 4) is 22.9 Å². The Kier molecular flexibility index (Phi) is 4.91. The minimum absolute atomic E-state index is 0.0959. The minimum atomic E-state index is -1.01. The van der Waals surface area contributed by atoms with Crippen molar-refractivity contribution in [2.24, 2.45) is 0 Å². The number of carboxylic acid groups (broad SMARTS) is 1. The van der Waals surface area contributed by atoms with Gasteiger partial charge < -0.3 is 20.1 Å². The molecule has 4 rings (SSSR count). The van der Waals surface area contributed by atoms with Crippen molar-refractivity contribution >= 4 is 17.4 Å². The van der Waals surface area contributed by atoms with Crippen molar-refractivity contribution < 1.29 is 14.6 Å². The van der Waals surface area contributed by atoms with E-state index in [0.717, 1.165) is 29.9 Å². The molecule has 1 atom stereocenters. The smallest absolute Gasteiger partial charge is 0.404 e. The standard InChI is InChI=1S/C20H20N6O3/c1-2-29-16-7-17(19-14(8-21)10-23-26(19)12-16)13-3-4-18(22-9-13)25-6-5-15(11-25)24-20(27)28/h3-4,7,9-10,12,15,24H,2,5-6,11H2,1H3,(H,27,28). The molecule has 0 spiro atoms. The van der Waals surface area contributed by atoms with E-state index in [9.17, 15) is 10.1 Å². The monoisotopic (exact) mass is 392 g/mol. The molecule has 0 aromatic carbocycles. The fourth-order valence-corrected chi connectivity index (χ4v) is 3.64. The van der Waals surface area contributed by atoms with E-state index in [1.807, 2.05) is 25.1 Å². The van der Waals surface area contributed by atoms with E-state index < -0.39 is 6.09 Å². The highest BCUT2D eigenvalue weighted by molar-refractivity contribution is 5.85. The van der Waals surface area contributed by atoms with Crippen LogP contribution in [0.5, 0.6) is 5.75 Å². The first-order valence-electron chi connectivity index (χ1n) is 9.34. The van der Waals surface area contributed by atoms with E-state index in [1.165, 1.54) is 6.20 Å². The van der Waals surface area contributed by atoms with Crippen LogP contribution in [0, 0.1) is 11.3 Å². The molecule has 1 saturated heterocycles. The molecule has 1 aliphatic rings. The van der Waals surface area contributed by atoms with Crippen LogP contribution >= 0.6 is 0 Å². The topological polar surface area (TPSA) is 116 Å². The lowest BCUT2D eigenvalue weighted by atomic mass is 10.1. The molecule has 3 aromatic heterocycles. The summed E-state index contributed by atoms with van der Waals surface area (Å²) in [6.45, 7) is 3.76. The molecule has 1 unspecified atom stereocenters. The summed E-state index contributed by atoms with van der Waals surface area (Å²) in [6.07, 6.45) is 4.79. The summed E-state index contributed by atoms with van der Waals surface area (Å²) in [6, 6.07) is 7.83. The summed E-state index contributed by atoms with van der Waals surface area (Å²) in [5.74, 6) is 1.45. The Hall–Kier alpha value is -3.80. The van der Waals surface area contributed by atoms with E-state index in [2.05, 4.69) is 26.4 Å². The zero-order valence-electron chi connectivity index (χ0n) is 15.9. The van der Waals surface area contributed by atoms with Crippen LogP contribution in [0.2, 0.25) is 0 Å². The number of carbonyl (C=O) groups is 1. The van der Waals surface area contributed by atoms with Crippen LogP contribution in [0.3, 0.4) is 0 Å². The zero-order valence-corrected chi connectivity index (χ0v) is 15.9. The average Bonchev–Trinajstić information content (AvgIpc) is 3.34. The van der Waals surface area contributed by atoms with Crippen molar-refractivity contribution in [1.29, 1.82) is 5.26 Å². The molecule has 29 heavy (non-hydrogen) atoms. The number of nitriles is 1. The summed E-state index contributed by atoms with van der Waals surface area (Å²) < 4.78 is 7.29. The molecule has 0 bridgehead atoms. The van der Waals surface area contributed by atoms with Crippen molar-refractivity contribution in [1.82, 2.24) is 19.9 Å². The van der Waals surface area contributed by atoms with Gasteiger partial charge in [0.1, 0.15) is 17.6 Å². The van der Waals surface area contributed by atoms with Gasteiger partial charge in [0.25, 0.3) is 0 Å². The second-order valence-electron chi connectivity index (χ2n) is 6.77. The van der Waals surface area contributed by atoms with Crippen LogP contribution in [0.4, 0.5) is 10.6 Å². The fourth-order valence-electron chi connectivity index (χ4n) is 3.64. The Morgan fingerprint density at radius 3 is 3.00 bits per heavy atom. The number of hydrogen-bond donors (Lipinski definition) is 2. The highest BCUT2D eigenvalue weighted by atomic mass is 16.5. The van der Waals surface area contributed by atoms with E-state index in [-0.39, 0.29) is 6.04 Å². The third-order valence-corrected chi connectivity index (χ3v) is 4.92. The van der Waals surface area contributed by atoms with Crippen LogP contribution < -0.4 is 15.0 Å². The lowest BCUT2D eigenvalue weighted by Crippen LogP contribution is -2.36. The molecule has 3 aromatic rings. The number of fused-ring (bicyclic) bond motifs is 1. The quantitative estimate of drug-likeness (QED) is 0.685. The third kappa shape index (κ3) is 3.65. The normalized spacial score (nSPS) is 16.0. The molecule has 9 heteroatoms. The highest BCUT2D eigenvalue weighted by Gasteiger charge is 2.24. The van der Waals surface area contributed by atoms with Gasteiger partial charge in [0.05, 0.1) is 36.1 Å². The first-order valence-corrected chi connectivity index (χ1v) is 9.34. The number of amides is 1. The van der Waals surface area contributed by atoms with Gasteiger partial charge in [-0.2, -0.15) is 10.4 Å². The highest BCUT2D eigenvalue weighted by Crippen LogP contribution is 2.31. The summed E-state index contributed by atoms with van der Waals surface area (Å²) in [5.41, 5.74) is 2.85. The maximum Gasteiger partial charge on any atom is 0.404 e. The Morgan fingerprint density at radius 1 is 1.45 bits per heavy atom. The molecule has 1 aliphatic heterocycles. The number of aromatic nitrogens is 3. The summed E-state index contributed by atoms with van der Waals surface area (Å²) >= 11 is 0. The average molecular weight is 392 g/mol. The SMILES string of the molecule is CCOc1cc(-c2ccc(N3CCC(NC(=O)O)C3)nc2)c2c(C#N)cnn2c1. The summed E-state index contributed by atoms with van der Waals surface area (Å²) in [4.78, 5) is 17.4. The lowest BCUT2D eigenvalue weighted by Gasteiger charge is -2.18. The molecule has 1 fully saturated rings. The molecule has 148 valence electrons. The first-order chi connectivity index (χ1) is 14.1. The van der Waals surface area contributed by atoms with Crippen LogP contribution in [-0.2, 0) is 0 Å². The van der Waals surface area contributed by atoms with Crippen LogP contribution in [0.1, 0.15) is 18.9 Å². The van der Waals surface area contributed by atoms with Gasteiger partial charge in [-0.25, -0.2) is 14.3 Å². The fraction of sp³-hybridized carbons (Fsp3) is 0.300. The molecule has 9 nitrogen and oxygen atoms in total. The van der Waals surface area contributed by atoms with Crippen LogP contribution in [0.25, 0.3) is 16.6 Å². The Labute approximate surface area is 167 Å². The number of nitrogens with zero attached hydrogens (tertiary/aromatic N) is 5. The maximum atomic E-state index is 10.8. The van der Waals surface area contributed by atoms with Crippen molar-refractivity contribution in [2.45, 2.75) is 19.4 Å². The van der Waals surface area contributed by atoms with Crippen LogP contribution in [-0.4, -0.2) is 51.5 Å². The van der Waals surface area contributed by atoms with Gasteiger partial charge in [-0.15, -0.1) is 0 Å². The van der Waals surface area contributed by atoms with Gasteiger partial charge in [0.2, 0.25) is 0 Å². The van der Waals surface area contributed by atoms with Crippen molar-refractivity contribution in [3.63, 3.8) is 0 Å².